The van der Waals surface area contributed by atoms with Crippen molar-refractivity contribution in [1.29, 1.82) is 0 Å². The molecule has 2 amide bonds. The summed E-state index contributed by atoms with van der Waals surface area (Å²) in [5.41, 5.74) is 0. The van der Waals surface area contributed by atoms with Gasteiger partial charge in [0.2, 0.25) is 12.2 Å². The summed E-state index contributed by atoms with van der Waals surface area (Å²) in [6.07, 6.45) is -4.76. The van der Waals surface area contributed by atoms with Crippen LogP contribution in [0.1, 0.15) is 13.8 Å². The zero-order chi connectivity index (χ0) is 22.8. The average molecular weight is 472 g/mol. The second-order valence-corrected chi connectivity index (χ2v) is 6.43. The molecule has 1 N–H and O–H groups in total. The van der Waals surface area contributed by atoms with Crippen LogP contribution in [0.3, 0.4) is 0 Å². The molecule has 2 aliphatic heterocycles. The van der Waals surface area contributed by atoms with Gasteiger partial charge < -0.3 is 24.3 Å². The van der Waals surface area contributed by atoms with Gasteiger partial charge in [0.1, 0.15) is 0 Å². The zero-order valence-corrected chi connectivity index (χ0v) is 17.4. The van der Waals surface area contributed by atoms with Gasteiger partial charge in [-0.25, -0.2) is 14.4 Å². The largest absolute Gasteiger partial charge is 0.451 e. The lowest BCUT2D eigenvalue weighted by Crippen LogP contribution is -2.38. The van der Waals surface area contributed by atoms with Crippen LogP contribution in [0.2, 0.25) is 0 Å². The molecule has 0 saturated carbocycles. The number of alkyl halides is 2. The smallest absolute Gasteiger partial charge is 0.352 e. The van der Waals surface area contributed by atoms with Crippen molar-refractivity contribution in [2.45, 2.75) is 38.3 Å². The fraction of sp³-hybridized carbons (Fsp3) is 0.667. The Hall–Kier alpha value is -2.67. The second-order valence-electron chi connectivity index (χ2n) is 5.68. The Kier molecular flexibility index (Phi) is 10.3. The standard InChI is InChI=1S/C10H10O8.C5H9Cl2N3O2/c1-3(11)15-7-5-6(18-9(7)13)8(10(14)17-5)16-4(2)12;6-1-3-8-5(11)10(9-12)4-2-7/h5-8H,1-2H3;1-4H2,(H,8,11)/t5-,6-,7-,8+;/m1./s1. The summed E-state index contributed by atoms with van der Waals surface area (Å²) in [6, 6.07) is -0.578. The van der Waals surface area contributed by atoms with E-state index in [1.54, 1.807) is 0 Å². The number of nitrogens with one attached hydrogen (secondary N) is 1. The van der Waals surface area contributed by atoms with Crippen LogP contribution in [0, 0.1) is 4.91 Å². The predicted octanol–water partition coefficient (Wildman–Crippen LogP) is -0.142. The van der Waals surface area contributed by atoms with Gasteiger partial charge in [0.25, 0.3) is 0 Å². The van der Waals surface area contributed by atoms with Gasteiger partial charge in [0.15, 0.2) is 12.2 Å². The number of amides is 2. The zero-order valence-electron chi connectivity index (χ0n) is 15.9. The van der Waals surface area contributed by atoms with Crippen molar-refractivity contribution in [3.05, 3.63) is 4.91 Å². The molecule has 2 aliphatic rings. The topological polar surface area (TPSA) is 167 Å². The fourth-order valence-electron chi connectivity index (χ4n) is 2.37. The summed E-state index contributed by atoms with van der Waals surface area (Å²) in [7, 11) is 0. The summed E-state index contributed by atoms with van der Waals surface area (Å²) < 4.78 is 19.1. The van der Waals surface area contributed by atoms with E-state index < -0.39 is 54.3 Å². The maximum atomic E-state index is 11.4. The van der Waals surface area contributed by atoms with Gasteiger partial charge >= 0.3 is 29.9 Å². The van der Waals surface area contributed by atoms with Crippen molar-refractivity contribution in [2.24, 2.45) is 5.29 Å². The minimum absolute atomic E-state index is 0.0964. The van der Waals surface area contributed by atoms with Crippen LogP contribution in [0.25, 0.3) is 0 Å². The van der Waals surface area contributed by atoms with E-state index in [0.717, 1.165) is 13.8 Å². The van der Waals surface area contributed by atoms with Crippen molar-refractivity contribution in [3.63, 3.8) is 0 Å². The first-order valence-electron chi connectivity index (χ1n) is 8.42. The van der Waals surface area contributed by atoms with Gasteiger partial charge in [-0.05, 0) is 0 Å². The minimum Gasteiger partial charge on any atom is -0.451 e. The molecule has 13 nitrogen and oxygen atoms in total. The fourth-order valence-corrected chi connectivity index (χ4v) is 2.62. The van der Waals surface area contributed by atoms with Gasteiger partial charge in [-0.2, -0.15) is 5.01 Å². The second kappa shape index (κ2) is 12.1. The molecule has 0 radical (unpaired) electrons. The summed E-state index contributed by atoms with van der Waals surface area (Å²) >= 11 is 10.6. The summed E-state index contributed by atoms with van der Waals surface area (Å²) in [5, 5.41) is 5.55. The predicted molar refractivity (Wildman–Crippen MR) is 98.2 cm³/mol. The van der Waals surface area contributed by atoms with Gasteiger partial charge in [-0.3, -0.25) is 9.59 Å². The van der Waals surface area contributed by atoms with Crippen LogP contribution in [0.4, 0.5) is 4.79 Å². The summed E-state index contributed by atoms with van der Waals surface area (Å²) in [6.45, 7) is 2.62. The molecular formula is C15H19Cl2N3O10. The van der Waals surface area contributed by atoms with Gasteiger partial charge in [-0.1, -0.05) is 0 Å². The van der Waals surface area contributed by atoms with Crippen LogP contribution in [0.15, 0.2) is 5.29 Å². The van der Waals surface area contributed by atoms with E-state index in [2.05, 4.69) is 10.6 Å². The molecule has 2 saturated heterocycles. The summed E-state index contributed by atoms with van der Waals surface area (Å²) in [5.74, 6) is -2.61. The lowest BCUT2D eigenvalue weighted by Gasteiger charge is -2.12. The Labute approximate surface area is 180 Å². The van der Waals surface area contributed by atoms with Crippen LogP contribution in [-0.2, 0) is 38.1 Å². The maximum Gasteiger partial charge on any atom is 0.352 e. The third kappa shape index (κ3) is 6.99. The molecule has 2 fully saturated rings. The average Bonchev–Trinajstić information content (AvgIpc) is 3.13. The molecule has 2 rings (SSSR count). The van der Waals surface area contributed by atoms with Crippen molar-refractivity contribution >= 4 is 53.1 Å². The van der Waals surface area contributed by atoms with Crippen molar-refractivity contribution in [2.75, 3.05) is 24.8 Å². The number of nitroso groups, excluding NO2 is 1. The highest BCUT2D eigenvalue weighted by Gasteiger charge is 2.61. The first kappa shape index (κ1) is 25.4. The van der Waals surface area contributed by atoms with E-state index in [1.807, 2.05) is 0 Å². The first-order chi connectivity index (χ1) is 14.2. The maximum absolute atomic E-state index is 11.4. The highest BCUT2D eigenvalue weighted by atomic mass is 35.5. The van der Waals surface area contributed by atoms with E-state index in [4.69, 9.17) is 42.1 Å². The number of nitrogens with zero attached hydrogens (tertiary/aromatic N) is 2. The molecule has 0 aromatic carbocycles. The SMILES string of the molecule is CC(=O)O[C@@H]1C(=O)O[C@@H]2[C@H]1OC(=O)[C@@H]2OC(C)=O.O=NN(CCCl)C(=O)NCCCl. The van der Waals surface area contributed by atoms with Crippen LogP contribution in [-0.4, -0.2) is 84.2 Å². The van der Waals surface area contributed by atoms with Crippen LogP contribution < -0.4 is 5.32 Å². The number of esters is 4. The van der Waals surface area contributed by atoms with E-state index in [0.29, 0.717) is 17.4 Å². The van der Waals surface area contributed by atoms with E-state index in [-0.39, 0.29) is 12.4 Å². The number of ether oxygens (including phenoxy) is 4. The van der Waals surface area contributed by atoms with Gasteiger partial charge in [0.05, 0.1) is 11.8 Å². The monoisotopic (exact) mass is 471 g/mol. The number of halogens is 2. The Morgan fingerprint density at radius 1 is 1.00 bits per heavy atom. The van der Waals surface area contributed by atoms with Gasteiger partial charge in [-0.15, -0.1) is 28.1 Å². The Morgan fingerprint density at radius 3 is 1.80 bits per heavy atom. The molecule has 0 spiro atoms. The van der Waals surface area contributed by atoms with Crippen LogP contribution >= 0.6 is 23.2 Å². The Bertz CT molecular complexity index is 652. The van der Waals surface area contributed by atoms with E-state index >= 15 is 0 Å². The molecule has 0 aromatic heterocycles. The lowest BCUT2D eigenvalue weighted by molar-refractivity contribution is -0.173. The highest BCUT2D eigenvalue weighted by Crippen LogP contribution is 2.32. The molecule has 168 valence electrons. The van der Waals surface area contributed by atoms with Crippen molar-refractivity contribution < 1.29 is 42.9 Å². The molecule has 0 aromatic rings. The number of hydrogen-bond acceptors (Lipinski definition) is 11. The number of urea groups is 1. The first-order valence-corrected chi connectivity index (χ1v) is 9.49. The summed E-state index contributed by atoms with van der Waals surface area (Å²) in [4.78, 5) is 65.4. The van der Waals surface area contributed by atoms with E-state index in [1.165, 1.54) is 0 Å². The quantitative estimate of drug-likeness (QED) is 0.173. The molecule has 0 unspecified atom stereocenters. The number of carbonyl (C=O) groups excluding carboxylic acids is 5. The number of fused-ring (bicyclic) bond motifs is 1. The van der Waals surface area contributed by atoms with Crippen molar-refractivity contribution in [3.8, 4) is 0 Å². The minimum atomic E-state index is -1.31. The molecule has 4 atom stereocenters. The van der Waals surface area contributed by atoms with E-state index in [9.17, 15) is 28.9 Å². The molecule has 0 aliphatic carbocycles. The molecule has 0 bridgehead atoms. The Balaban J connectivity index is 0.000000329. The molecule has 2 heterocycles. The molecule has 30 heavy (non-hydrogen) atoms. The molecular weight excluding hydrogens is 453 g/mol. The number of carbonyl (C=O) groups is 5. The molecule has 15 heteroatoms. The third-order valence-corrected chi connectivity index (χ3v) is 3.83. The van der Waals surface area contributed by atoms with Crippen molar-refractivity contribution in [1.82, 2.24) is 10.3 Å². The number of rotatable bonds is 7. The van der Waals surface area contributed by atoms with Gasteiger partial charge in [0, 0.05) is 32.2 Å². The third-order valence-electron chi connectivity index (χ3n) is 3.48. The normalized spacial score (nSPS) is 23.7. The highest BCUT2D eigenvalue weighted by molar-refractivity contribution is 6.18. The van der Waals surface area contributed by atoms with Crippen LogP contribution in [0.5, 0.6) is 0 Å². The Morgan fingerprint density at radius 2 is 1.47 bits per heavy atom. The lowest BCUT2D eigenvalue weighted by atomic mass is 10.1. The number of hydrogen-bond donors (Lipinski definition) is 1.